The van der Waals surface area contributed by atoms with Crippen LogP contribution >= 0.6 is 0 Å². The van der Waals surface area contributed by atoms with Crippen LogP contribution in [0.25, 0.3) is 0 Å². The van der Waals surface area contributed by atoms with Crippen molar-refractivity contribution in [1.29, 1.82) is 0 Å². The third-order valence-electron chi connectivity index (χ3n) is 1.50. The molecule has 68 valence electrons. The summed E-state index contributed by atoms with van der Waals surface area (Å²) >= 11 is 0. The van der Waals surface area contributed by atoms with Gasteiger partial charge in [-0.15, -0.1) is 0 Å². The zero-order valence-electron chi connectivity index (χ0n) is 7.60. The van der Waals surface area contributed by atoms with E-state index in [0.717, 1.165) is 0 Å². The first-order chi connectivity index (χ1) is 5.52. The molecule has 0 spiro atoms. The molecular formula is C10H15FO. The smallest absolute Gasteiger partial charge is 0.133 e. The van der Waals surface area contributed by atoms with Gasteiger partial charge in [-0.2, -0.15) is 0 Å². The Morgan fingerprint density at radius 3 is 2.67 bits per heavy atom. The van der Waals surface area contributed by atoms with Gasteiger partial charge in [-0.1, -0.05) is 24.5 Å². The Morgan fingerprint density at radius 2 is 2.25 bits per heavy atom. The standard InChI is InChI=1S/C10H15FO/c1-4-9(12)5-6-10(2,3)7-8-11/h4,9,12H,1,7-8H2,2-3H3. The van der Waals surface area contributed by atoms with E-state index in [0.29, 0.717) is 6.42 Å². The summed E-state index contributed by atoms with van der Waals surface area (Å²) in [5.74, 6) is 5.38. The molecule has 0 fully saturated rings. The van der Waals surface area contributed by atoms with Crippen molar-refractivity contribution in [3.8, 4) is 11.8 Å². The maximum atomic E-state index is 11.9. The topological polar surface area (TPSA) is 20.2 Å². The van der Waals surface area contributed by atoms with E-state index in [2.05, 4.69) is 18.4 Å². The summed E-state index contributed by atoms with van der Waals surface area (Å²) in [7, 11) is 0. The molecule has 0 saturated heterocycles. The molecule has 1 atom stereocenters. The fourth-order valence-corrected chi connectivity index (χ4v) is 0.627. The van der Waals surface area contributed by atoms with Crippen molar-refractivity contribution in [3.05, 3.63) is 12.7 Å². The highest BCUT2D eigenvalue weighted by atomic mass is 19.1. The Labute approximate surface area is 73.3 Å². The highest BCUT2D eigenvalue weighted by Gasteiger charge is 2.13. The third kappa shape index (κ3) is 4.92. The van der Waals surface area contributed by atoms with E-state index in [1.807, 2.05) is 13.8 Å². The van der Waals surface area contributed by atoms with Crippen LogP contribution in [0.4, 0.5) is 4.39 Å². The molecule has 0 aromatic heterocycles. The predicted octanol–water partition coefficient (Wildman–Crippen LogP) is 1.92. The summed E-state index contributed by atoms with van der Waals surface area (Å²) in [6.07, 6.45) is 0.937. The average Bonchev–Trinajstić information content (AvgIpc) is 2.00. The first-order valence-corrected chi connectivity index (χ1v) is 3.91. The normalized spacial score (nSPS) is 13.0. The van der Waals surface area contributed by atoms with Crippen molar-refractivity contribution >= 4 is 0 Å². The molecule has 12 heavy (non-hydrogen) atoms. The van der Waals surface area contributed by atoms with Gasteiger partial charge in [0.1, 0.15) is 6.10 Å². The minimum Gasteiger partial charge on any atom is -0.377 e. The van der Waals surface area contributed by atoms with Gasteiger partial charge in [-0.3, -0.25) is 4.39 Å². The van der Waals surface area contributed by atoms with E-state index >= 15 is 0 Å². The fraction of sp³-hybridized carbons (Fsp3) is 0.600. The van der Waals surface area contributed by atoms with Crippen LogP contribution in [-0.2, 0) is 0 Å². The summed E-state index contributed by atoms with van der Waals surface area (Å²) < 4.78 is 11.9. The van der Waals surface area contributed by atoms with Gasteiger partial charge in [0.2, 0.25) is 0 Å². The number of hydrogen-bond donors (Lipinski definition) is 1. The molecule has 0 aromatic rings. The molecular weight excluding hydrogens is 155 g/mol. The quantitative estimate of drug-likeness (QED) is 0.507. The number of halogens is 1. The molecule has 0 aromatic carbocycles. The summed E-state index contributed by atoms with van der Waals surface area (Å²) in [5, 5.41) is 9.00. The van der Waals surface area contributed by atoms with Crippen LogP contribution in [0, 0.1) is 17.3 Å². The van der Waals surface area contributed by atoms with E-state index in [-0.39, 0.29) is 12.1 Å². The number of hydrogen-bond acceptors (Lipinski definition) is 1. The lowest BCUT2D eigenvalue weighted by Crippen LogP contribution is -2.10. The van der Waals surface area contributed by atoms with Crippen molar-refractivity contribution < 1.29 is 9.50 Å². The molecule has 0 aliphatic carbocycles. The van der Waals surface area contributed by atoms with E-state index in [1.165, 1.54) is 6.08 Å². The fourth-order valence-electron chi connectivity index (χ4n) is 0.627. The SMILES string of the molecule is C=CC(O)C#CC(C)(C)CCF. The van der Waals surface area contributed by atoms with Crippen LogP contribution in [-0.4, -0.2) is 17.9 Å². The Morgan fingerprint density at radius 1 is 1.67 bits per heavy atom. The number of aliphatic hydroxyl groups is 1. The molecule has 1 unspecified atom stereocenters. The van der Waals surface area contributed by atoms with Crippen molar-refractivity contribution in [1.82, 2.24) is 0 Å². The van der Waals surface area contributed by atoms with Crippen molar-refractivity contribution in [2.45, 2.75) is 26.4 Å². The lowest BCUT2D eigenvalue weighted by Gasteiger charge is -2.14. The second kappa shape index (κ2) is 4.95. The van der Waals surface area contributed by atoms with Gasteiger partial charge in [-0.25, -0.2) is 0 Å². The lowest BCUT2D eigenvalue weighted by atomic mass is 9.91. The van der Waals surface area contributed by atoms with Gasteiger partial charge in [0.05, 0.1) is 6.67 Å². The Hall–Kier alpha value is -0.810. The van der Waals surface area contributed by atoms with E-state index in [9.17, 15) is 4.39 Å². The van der Waals surface area contributed by atoms with Crippen LogP contribution in [0.15, 0.2) is 12.7 Å². The molecule has 0 aliphatic rings. The van der Waals surface area contributed by atoms with E-state index in [4.69, 9.17) is 5.11 Å². The van der Waals surface area contributed by atoms with E-state index in [1.54, 1.807) is 0 Å². The lowest BCUT2D eigenvalue weighted by molar-refractivity contribution is 0.279. The average molecular weight is 170 g/mol. The van der Waals surface area contributed by atoms with Gasteiger partial charge in [0.25, 0.3) is 0 Å². The van der Waals surface area contributed by atoms with Gasteiger partial charge >= 0.3 is 0 Å². The maximum absolute atomic E-state index is 11.9. The summed E-state index contributed by atoms with van der Waals surface area (Å²) in [6, 6.07) is 0. The molecule has 2 heteroatoms. The summed E-state index contributed by atoms with van der Waals surface area (Å²) in [5.41, 5.74) is -0.362. The Balaban J connectivity index is 4.16. The number of rotatable bonds is 3. The van der Waals surface area contributed by atoms with Gasteiger partial charge < -0.3 is 5.11 Å². The van der Waals surface area contributed by atoms with Crippen LogP contribution in [0.3, 0.4) is 0 Å². The molecule has 1 nitrogen and oxygen atoms in total. The Kier molecular flexibility index (Phi) is 4.61. The van der Waals surface area contributed by atoms with Crippen LogP contribution < -0.4 is 0 Å². The zero-order valence-corrected chi connectivity index (χ0v) is 7.60. The monoisotopic (exact) mass is 170 g/mol. The zero-order chi connectivity index (χ0) is 9.61. The number of alkyl halides is 1. The van der Waals surface area contributed by atoms with Gasteiger partial charge in [-0.05, 0) is 20.3 Å². The van der Waals surface area contributed by atoms with Crippen LogP contribution in [0.2, 0.25) is 0 Å². The molecule has 0 saturated carbocycles. The molecule has 0 amide bonds. The Bertz CT molecular complexity index is 198. The van der Waals surface area contributed by atoms with Crippen LogP contribution in [0.1, 0.15) is 20.3 Å². The molecule has 0 heterocycles. The highest BCUT2D eigenvalue weighted by molar-refractivity contribution is 5.15. The van der Waals surface area contributed by atoms with E-state index < -0.39 is 6.10 Å². The predicted molar refractivity (Wildman–Crippen MR) is 48.4 cm³/mol. The van der Waals surface area contributed by atoms with Crippen LogP contribution in [0.5, 0.6) is 0 Å². The third-order valence-corrected chi connectivity index (χ3v) is 1.50. The maximum Gasteiger partial charge on any atom is 0.133 e. The highest BCUT2D eigenvalue weighted by Crippen LogP contribution is 2.18. The first kappa shape index (κ1) is 11.2. The second-order valence-corrected chi connectivity index (χ2v) is 3.27. The summed E-state index contributed by atoms with van der Waals surface area (Å²) in [4.78, 5) is 0. The molecule has 1 N–H and O–H groups in total. The van der Waals surface area contributed by atoms with Crippen molar-refractivity contribution in [2.75, 3.05) is 6.67 Å². The largest absolute Gasteiger partial charge is 0.377 e. The molecule has 0 radical (unpaired) electrons. The van der Waals surface area contributed by atoms with Crippen molar-refractivity contribution in [3.63, 3.8) is 0 Å². The minimum absolute atomic E-state index is 0.362. The van der Waals surface area contributed by atoms with Gasteiger partial charge in [0.15, 0.2) is 0 Å². The molecule has 0 aliphatic heterocycles. The molecule has 0 bridgehead atoms. The van der Waals surface area contributed by atoms with Crippen molar-refractivity contribution in [2.24, 2.45) is 5.41 Å². The first-order valence-electron chi connectivity index (χ1n) is 3.91. The summed E-state index contributed by atoms with van der Waals surface area (Å²) in [6.45, 7) is 6.68. The molecule has 0 rings (SSSR count). The minimum atomic E-state index is -0.802. The second-order valence-electron chi connectivity index (χ2n) is 3.27. The van der Waals surface area contributed by atoms with Gasteiger partial charge in [0, 0.05) is 5.41 Å². The number of aliphatic hydroxyl groups excluding tert-OH is 1.